The highest BCUT2D eigenvalue weighted by molar-refractivity contribution is 6.06. The molecule has 0 atom stereocenters. The number of carbonyl (C=O) groups excluding carboxylic acids is 1. The smallest absolute Gasteiger partial charge is 0.292 e. The number of nitrogens with two attached hydrogens (primary N) is 1. The summed E-state index contributed by atoms with van der Waals surface area (Å²) in [5.74, 6) is -0.162. The second kappa shape index (κ2) is 5.79. The molecule has 0 radical (unpaired) electrons. The maximum atomic E-state index is 11.9. The van der Waals surface area contributed by atoms with E-state index in [0.717, 1.165) is 0 Å². The Morgan fingerprint density at radius 1 is 1.15 bits per heavy atom. The SMILES string of the molecule is Nc1ccc(C=CC(=O)c2ccccc2)cc1[N+](=O)[O-]. The van der Waals surface area contributed by atoms with Crippen LogP contribution in [0.25, 0.3) is 6.08 Å². The van der Waals surface area contributed by atoms with Crippen molar-refractivity contribution in [3.8, 4) is 0 Å². The Bertz CT molecular complexity index is 679. The van der Waals surface area contributed by atoms with Crippen LogP contribution >= 0.6 is 0 Å². The molecule has 0 bridgehead atoms. The number of hydrogen-bond donors (Lipinski definition) is 1. The zero-order chi connectivity index (χ0) is 14.5. The molecule has 0 saturated heterocycles. The quantitative estimate of drug-likeness (QED) is 0.303. The molecule has 2 aromatic carbocycles. The van der Waals surface area contributed by atoms with Crippen molar-refractivity contribution in [2.45, 2.75) is 0 Å². The summed E-state index contributed by atoms with van der Waals surface area (Å²) < 4.78 is 0. The number of rotatable bonds is 4. The van der Waals surface area contributed by atoms with Crippen LogP contribution in [0.4, 0.5) is 11.4 Å². The van der Waals surface area contributed by atoms with Crippen LogP contribution in [0.3, 0.4) is 0 Å². The largest absolute Gasteiger partial charge is 0.393 e. The number of nitro benzene ring substituents is 1. The summed E-state index contributed by atoms with van der Waals surface area (Å²) in [4.78, 5) is 22.1. The van der Waals surface area contributed by atoms with Crippen molar-refractivity contribution >= 4 is 23.2 Å². The third-order valence-electron chi connectivity index (χ3n) is 2.74. The molecule has 0 amide bonds. The minimum atomic E-state index is -0.550. The molecule has 2 N–H and O–H groups in total. The van der Waals surface area contributed by atoms with E-state index < -0.39 is 4.92 Å². The highest BCUT2D eigenvalue weighted by Gasteiger charge is 2.10. The van der Waals surface area contributed by atoms with Crippen molar-refractivity contribution in [1.82, 2.24) is 0 Å². The average Bonchev–Trinajstić information content (AvgIpc) is 2.46. The predicted molar refractivity (Wildman–Crippen MR) is 77.3 cm³/mol. The van der Waals surface area contributed by atoms with Gasteiger partial charge in [-0.25, -0.2) is 0 Å². The number of nitrogen functional groups attached to an aromatic ring is 1. The van der Waals surface area contributed by atoms with Crippen LogP contribution in [0.1, 0.15) is 15.9 Å². The van der Waals surface area contributed by atoms with Gasteiger partial charge < -0.3 is 5.73 Å². The second-order valence-electron chi connectivity index (χ2n) is 4.14. The lowest BCUT2D eigenvalue weighted by molar-refractivity contribution is -0.383. The third kappa shape index (κ3) is 3.08. The first-order chi connectivity index (χ1) is 9.58. The zero-order valence-electron chi connectivity index (χ0n) is 10.5. The summed E-state index contributed by atoms with van der Waals surface area (Å²) >= 11 is 0. The number of hydrogen-bond acceptors (Lipinski definition) is 4. The van der Waals surface area contributed by atoms with Crippen molar-refractivity contribution in [2.75, 3.05) is 5.73 Å². The van der Waals surface area contributed by atoms with E-state index >= 15 is 0 Å². The van der Waals surface area contributed by atoms with Crippen LogP contribution in [0.15, 0.2) is 54.6 Å². The molecule has 0 spiro atoms. The molecular formula is C15H12N2O3. The normalized spacial score (nSPS) is 10.6. The topological polar surface area (TPSA) is 86.2 Å². The van der Waals surface area contributed by atoms with E-state index in [0.29, 0.717) is 11.1 Å². The molecule has 0 saturated carbocycles. The van der Waals surface area contributed by atoms with Gasteiger partial charge in [-0.05, 0) is 17.7 Å². The first-order valence-corrected chi connectivity index (χ1v) is 5.89. The minimum absolute atomic E-state index is 0.0986. The van der Waals surface area contributed by atoms with Crippen molar-refractivity contribution < 1.29 is 9.72 Å². The van der Waals surface area contributed by atoms with E-state index in [2.05, 4.69) is 0 Å². The van der Waals surface area contributed by atoms with Crippen LogP contribution in [0.5, 0.6) is 0 Å². The molecule has 0 aliphatic heterocycles. The van der Waals surface area contributed by atoms with Gasteiger partial charge in [-0.3, -0.25) is 14.9 Å². The Morgan fingerprint density at radius 2 is 1.85 bits per heavy atom. The van der Waals surface area contributed by atoms with Gasteiger partial charge in [-0.1, -0.05) is 42.5 Å². The van der Waals surface area contributed by atoms with Crippen molar-refractivity contribution in [1.29, 1.82) is 0 Å². The van der Waals surface area contributed by atoms with Crippen LogP contribution in [0.2, 0.25) is 0 Å². The summed E-state index contributed by atoms with van der Waals surface area (Å²) in [7, 11) is 0. The highest BCUT2D eigenvalue weighted by atomic mass is 16.6. The van der Waals surface area contributed by atoms with Gasteiger partial charge in [0.25, 0.3) is 5.69 Å². The van der Waals surface area contributed by atoms with E-state index in [1.807, 2.05) is 6.07 Å². The number of allylic oxidation sites excluding steroid dienone is 1. The highest BCUT2D eigenvalue weighted by Crippen LogP contribution is 2.23. The van der Waals surface area contributed by atoms with Gasteiger partial charge >= 0.3 is 0 Å². The van der Waals surface area contributed by atoms with E-state index in [9.17, 15) is 14.9 Å². The van der Waals surface area contributed by atoms with Gasteiger partial charge in [-0.2, -0.15) is 0 Å². The summed E-state index contributed by atoms with van der Waals surface area (Å²) in [6, 6.07) is 13.2. The Morgan fingerprint density at radius 3 is 2.50 bits per heavy atom. The van der Waals surface area contributed by atoms with E-state index in [1.54, 1.807) is 30.3 Å². The summed E-state index contributed by atoms with van der Waals surface area (Å²) in [6.45, 7) is 0. The standard InChI is InChI=1S/C15H12N2O3/c16-13-8-6-11(10-14(13)17(19)20)7-9-15(18)12-4-2-1-3-5-12/h1-10H,16H2. The van der Waals surface area contributed by atoms with E-state index in [4.69, 9.17) is 5.73 Å². The van der Waals surface area contributed by atoms with Gasteiger partial charge in [0.1, 0.15) is 5.69 Å². The summed E-state index contributed by atoms with van der Waals surface area (Å²) in [6.07, 6.45) is 2.91. The van der Waals surface area contributed by atoms with Gasteiger partial charge in [0.15, 0.2) is 5.78 Å². The van der Waals surface area contributed by atoms with Crippen molar-refractivity contribution in [2.24, 2.45) is 0 Å². The lowest BCUT2D eigenvalue weighted by atomic mass is 10.1. The van der Waals surface area contributed by atoms with Gasteiger partial charge in [0, 0.05) is 11.6 Å². The Kier molecular flexibility index (Phi) is 3.91. The number of carbonyl (C=O) groups is 1. The maximum Gasteiger partial charge on any atom is 0.292 e. The minimum Gasteiger partial charge on any atom is -0.393 e. The monoisotopic (exact) mass is 268 g/mol. The third-order valence-corrected chi connectivity index (χ3v) is 2.74. The molecule has 5 heteroatoms. The average molecular weight is 268 g/mol. The molecule has 20 heavy (non-hydrogen) atoms. The zero-order valence-corrected chi connectivity index (χ0v) is 10.5. The lowest BCUT2D eigenvalue weighted by Gasteiger charge is -1.99. The molecular weight excluding hydrogens is 256 g/mol. The molecule has 0 aliphatic rings. The van der Waals surface area contributed by atoms with Gasteiger partial charge in [0.2, 0.25) is 0 Å². The fraction of sp³-hybridized carbons (Fsp3) is 0. The number of nitro groups is 1. The van der Waals surface area contributed by atoms with Crippen LogP contribution in [-0.4, -0.2) is 10.7 Å². The van der Waals surface area contributed by atoms with E-state index in [-0.39, 0.29) is 17.2 Å². The van der Waals surface area contributed by atoms with Crippen LogP contribution in [0, 0.1) is 10.1 Å². The fourth-order valence-electron chi connectivity index (χ4n) is 1.69. The molecule has 0 aromatic heterocycles. The molecule has 0 unspecified atom stereocenters. The lowest BCUT2D eigenvalue weighted by Crippen LogP contribution is -1.96. The summed E-state index contributed by atoms with van der Waals surface area (Å²) in [5.41, 5.74) is 6.55. The van der Waals surface area contributed by atoms with Crippen LogP contribution < -0.4 is 5.73 Å². The van der Waals surface area contributed by atoms with Gasteiger partial charge in [-0.15, -0.1) is 0 Å². The molecule has 2 aromatic rings. The second-order valence-corrected chi connectivity index (χ2v) is 4.14. The Balaban J connectivity index is 2.22. The molecule has 100 valence electrons. The molecule has 0 heterocycles. The number of anilines is 1. The predicted octanol–water partition coefficient (Wildman–Crippen LogP) is 3.07. The fourth-order valence-corrected chi connectivity index (χ4v) is 1.69. The van der Waals surface area contributed by atoms with Crippen molar-refractivity contribution in [3.05, 3.63) is 75.8 Å². The molecule has 5 nitrogen and oxygen atoms in total. The molecule has 2 rings (SSSR count). The first-order valence-electron chi connectivity index (χ1n) is 5.89. The number of nitrogens with zero attached hydrogens (tertiary/aromatic N) is 1. The molecule has 0 aliphatic carbocycles. The van der Waals surface area contributed by atoms with Crippen molar-refractivity contribution in [3.63, 3.8) is 0 Å². The number of ketones is 1. The van der Waals surface area contributed by atoms with E-state index in [1.165, 1.54) is 24.3 Å². The maximum absolute atomic E-state index is 11.9. The number of benzene rings is 2. The Labute approximate surface area is 115 Å². The Hall–Kier alpha value is -2.95. The first kappa shape index (κ1) is 13.5. The summed E-state index contributed by atoms with van der Waals surface area (Å²) in [5, 5.41) is 10.8. The molecule has 0 fully saturated rings. The van der Waals surface area contributed by atoms with Gasteiger partial charge in [0.05, 0.1) is 4.92 Å². The van der Waals surface area contributed by atoms with Crippen LogP contribution in [-0.2, 0) is 0 Å².